The standard InChI is InChI=1S/C13H24N4O/c1-5-6-14-7-9-16(4)12-13(18)17(11(2)3)10-8-15-12/h8,10-11,14H,5-7,9H2,1-4H3. The van der Waals surface area contributed by atoms with Crippen molar-refractivity contribution in [3.63, 3.8) is 0 Å². The molecule has 0 bridgehead atoms. The summed E-state index contributed by atoms with van der Waals surface area (Å²) in [6.45, 7) is 8.78. The summed E-state index contributed by atoms with van der Waals surface area (Å²) in [4.78, 5) is 18.3. The van der Waals surface area contributed by atoms with Gasteiger partial charge in [-0.2, -0.15) is 0 Å². The predicted octanol–water partition coefficient (Wildman–Crippen LogP) is 1.26. The molecule has 0 amide bonds. The van der Waals surface area contributed by atoms with Gasteiger partial charge in [0.1, 0.15) is 0 Å². The van der Waals surface area contributed by atoms with Crippen LogP contribution in [0.2, 0.25) is 0 Å². The van der Waals surface area contributed by atoms with E-state index in [-0.39, 0.29) is 11.6 Å². The van der Waals surface area contributed by atoms with E-state index in [2.05, 4.69) is 17.2 Å². The van der Waals surface area contributed by atoms with Gasteiger partial charge in [-0.1, -0.05) is 6.92 Å². The average Bonchev–Trinajstić information content (AvgIpc) is 2.34. The fraction of sp³-hybridized carbons (Fsp3) is 0.692. The molecular formula is C13H24N4O. The molecule has 0 aliphatic carbocycles. The van der Waals surface area contributed by atoms with Crippen LogP contribution >= 0.6 is 0 Å². The Morgan fingerprint density at radius 2 is 2.17 bits per heavy atom. The van der Waals surface area contributed by atoms with Crippen molar-refractivity contribution in [2.45, 2.75) is 33.2 Å². The second-order valence-corrected chi connectivity index (χ2v) is 4.73. The number of nitrogens with one attached hydrogen (secondary N) is 1. The van der Waals surface area contributed by atoms with E-state index >= 15 is 0 Å². The molecule has 0 fully saturated rings. The second kappa shape index (κ2) is 7.16. The quantitative estimate of drug-likeness (QED) is 0.742. The summed E-state index contributed by atoms with van der Waals surface area (Å²) in [5.74, 6) is 0.518. The van der Waals surface area contributed by atoms with Crippen LogP contribution in [0.3, 0.4) is 0 Å². The Morgan fingerprint density at radius 1 is 1.44 bits per heavy atom. The maximum atomic E-state index is 12.2. The summed E-state index contributed by atoms with van der Waals surface area (Å²) in [6.07, 6.45) is 4.54. The molecule has 5 nitrogen and oxygen atoms in total. The lowest BCUT2D eigenvalue weighted by Crippen LogP contribution is -2.35. The number of hydrogen-bond donors (Lipinski definition) is 1. The molecule has 0 radical (unpaired) electrons. The van der Waals surface area contributed by atoms with Gasteiger partial charge in [-0.3, -0.25) is 4.79 Å². The summed E-state index contributed by atoms with van der Waals surface area (Å²) in [6, 6.07) is 0.158. The van der Waals surface area contributed by atoms with E-state index in [1.807, 2.05) is 25.8 Å². The first-order valence-electron chi connectivity index (χ1n) is 6.57. The SMILES string of the molecule is CCCNCCN(C)c1nccn(C(C)C)c1=O. The van der Waals surface area contributed by atoms with E-state index in [4.69, 9.17) is 0 Å². The van der Waals surface area contributed by atoms with Crippen molar-refractivity contribution in [3.8, 4) is 0 Å². The van der Waals surface area contributed by atoms with E-state index < -0.39 is 0 Å². The zero-order valence-corrected chi connectivity index (χ0v) is 11.8. The molecule has 18 heavy (non-hydrogen) atoms. The third kappa shape index (κ3) is 3.84. The highest BCUT2D eigenvalue weighted by atomic mass is 16.1. The number of nitrogens with zero attached hydrogens (tertiary/aromatic N) is 3. The van der Waals surface area contributed by atoms with Gasteiger partial charge in [0.15, 0.2) is 5.82 Å². The first kappa shape index (κ1) is 14.7. The van der Waals surface area contributed by atoms with Crippen LogP contribution in [0.4, 0.5) is 5.82 Å². The lowest BCUT2D eigenvalue weighted by molar-refractivity contribution is 0.571. The first-order valence-corrected chi connectivity index (χ1v) is 6.57. The fourth-order valence-electron chi connectivity index (χ4n) is 1.74. The Labute approximate surface area is 109 Å². The fourth-order valence-corrected chi connectivity index (χ4v) is 1.74. The van der Waals surface area contributed by atoms with Gasteiger partial charge in [0.25, 0.3) is 5.56 Å². The Kier molecular flexibility index (Phi) is 5.85. The van der Waals surface area contributed by atoms with E-state index in [9.17, 15) is 4.79 Å². The zero-order valence-electron chi connectivity index (χ0n) is 11.8. The first-order chi connectivity index (χ1) is 8.57. The van der Waals surface area contributed by atoms with Crippen LogP contribution in [-0.4, -0.2) is 36.2 Å². The second-order valence-electron chi connectivity index (χ2n) is 4.73. The molecule has 1 N–H and O–H groups in total. The van der Waals surface area contributed by atoms with Crippen LogP contribution in [0.25, 0.3) is 0 Å². The molecule has 0 aliphatic heterocycles. The van der Waals surface area contributed by atoms with Crippen LogP contribution in [-0.2, 0) is 0 Å². The van der Waals surface area contributed by atoms with Gasteiger partial charge in [0.2, 0.25) is 0 Å². The minimum absolute atomic E-state index is 0.0227. The zero-order chi connectivity index (χ0) is 13.5. The third-order valence-electron chi connectivity index (χ3n) is 2.82. The third-order valence-corrected chi connectivity index (χ3v) is 2.82. The maximum absolute atomic E-state index is 12.2. The highest BCUT2D eigenvalue weighted by Gasteiger charge is 2.10. The van der Waals surface area contributed by atoms with Gasteiger partial charge >= 0.3 is 0 Å². The Morgan fingerprint density at radius 3 is 2.78 bits per heavy atom. The molecular weight excluding hydrogens is 228 g/mol. The van der Waals surface area contributed by atoms with Gasteiger partial charge in [0, 0.05) is 38.6 Å². The molecule has 1 aromatic rings. The largest absolute Gasteiger partial charge is 0.354 e. The monoisotopic (exact) mass is 252 g/mol. The topological polar surface area (TPSA) is 50.2 Å². The normalized spacial score (nSPS) is 10.9. The maximum Gasteiger partial charge on any atom is 0.293 e. The van der Waals surface area contributed by atoms with Crippen molar-refractivity contribution in [1.82, 2.24) is 14.9 Å². The number of rotatable bonds is 7. The number of likely N-dealkylation sites (N-methyl/N-ethyl adjacent to an activating group) is 1. The van der Waals surface area contributed by atoms with Crippen LogP contribution in [0, 0.1) is 0 Å². The van der Waals surface area contributed by atoms with Gasteiger partial charge in [-0.15, -0.1) is 0 Å². The average molecular weight is 252 g/mol. The van der Waals surface area contributed by atoms with E-state index in [1.165, 1.54) is 0 Å². The summed E-state index contributed by atoms with van der Waals surface area (Å²) in [7, 11) is 1.90. The summed E-state index contributed by atoms with van der Waals surface area (Å²) in [5, 5.41) is 3.31. The Bertz CT molecular complexity index is 414. The van der Waals surface area contributed by atoms with E-state index in [0.717, 1.165) is 26.1 Å². The molecule has 1 heterocycles. The van der Waals surface area contributed by atoms with Crippen LogP contribution < -0.4 is 15.8 Å². The summed E-state index contributed by atoms with van der Waals surface area (Å²) >= 11 is 0. The molecule has 1 rings (SSSR count). The molecule has 5 heteroatoms. The van der Waals surface area contributed by atoms with E-state index in [1.54, 1.807) is 17.0 Å². The molecule has 0 aliphatic rings. The molecule has 0 aromatic carbocycles. The lowest BCUT2D eigenvalue weighted by atomic mass is 10.4. The van der Waals surface area contributed by atoms with Crippen molar-refractivity contribution in [1.29, 1.82) is 0 Å². The molecule has 102 valence electrons. The molecule has 0 spiro atoms. The number of aromatic nitrogens is 2. The molecule has 0 atom stereocenters. The van der Waals surface area contributed by atoms with Gasteiger partial charge < -0.3 is 14.8 Å². The molecule has 0 saturated carbocycles. The van der Waals surface area contributed by atoms with E-state index in [0.29, 0.717) is 5.82 Å². The molecule has 0 saturated heterocycles. The minimum atomic E-state index is -0.0227. The highest BCUT2D eigenvalue weighted by Crippen LogP contribution is 2.04. The van der Waals surface area contributed by atoms with Crippen molar-refractivity contribution < 1.29 is 0 Å². The number of hydrogen-bond acceptors (Lipinski definition) is 4. The van der Waals surface area contributed by atoms with Gasteiger partial charge in [-0.05, 0) is 26.8 Å². The predicted molar refractivity (Wildman–Crippen MR) is 75.3 cm³/mol. The van der Waals surface area contributed by atoms with Crippen molar-refractivity contribution >= 4 is 5.82 Å². The summed E-state index contributed by atoms with van der Waals surface area (Å²) < 4.78 is 1.71. The lowest BCUT2D eigenvalue weighted by Gasteiger charge is -2.19. The Balaban J connectivity index is 2.71. The van der Waals surface area contributed by atoms with Crippen LogP contribution in [0.15, 0.2) is 17.2 Å². The van der Waals surface area contributed by atoms with Crippen LogP contribution in [0.5, 0.6) is 0 Å². The van der Waals surface area contributed by atoms with Crippen LogP contribution in [0.1, 0.15) is 33.2 Å². The van der Waals surface area contributed by atoms with Crippen molar-refractivity contribution in [3.05, 3.63) is 22.7 Å². The van der Waals surface area contributed by atoms with Gasteiger partial charge in [0.05, 0.1) is 0 Å². The smallest absolute Gasteiger partial charge is 0.293 e. The summed E-state index contributed by atoms with van der Waals surface area (Å²) in [5.41, 5.74) is -0.0227. The minimum Gasteiger partial charge on any atom is -0.354 e. The van der Waals surface area contributed by atoms with Crippen molar-refractivity contribution in [2.75, 3.05) is 31.6 Å². The Hall–Kier alpha value is -1.36. The molecule has 0 unspecified atom stereocenters. The van der Waals surface area contributed by atoms with Crippen molar-refractivity contribution in [2.24, 2.45) is 0 Å². The number of anilines is 1. The highest BCUT2D eigenvalue weighted by molar-refractivity contribution is 5.34. The van der Waals surface area contributed by atoms with Gasteiger partial charge in [-0.25, -0.2) is 4.98 Å². The molecule has 1 aromatic heterocycles.